The molecule has 0 bridgehead atoms. The Morgan fingerprint density at radius 1 is 1.62 bits per heavy atom. The van der Waals surface area contributed by atoms with Gasteiger partial charge in [0, 0.05) is 0 Å². The summed E-state index contributed by atoms with van der Waals surface area (Å²) in [5, 5.41) is 17.7. The van der Waals surface area contributed by atoms with Crippen molar-refractivity contribution in [3.63, 3.8) is 0 Å². The minimum atomic E-state index is -0.845. The van der Waals surface area contributed by atoms with Crippen LogP contribution in [0.15, 0.2) is 22.7 Å². The molecule has 0 aromatic heterocycles. The third kappa shape index (κ3) is 2.51. The van der Waals surface area contributed by atoms with Crippen LogP contribution in [0.2, 0.25) is 0 Å². The molecule has 0 radical (unpaired) electrons. The van der Waals surface area contributed by atoms with Gasteiger partial charge in [-0.3, -0.25) is 0 Å². The zero-order chi connectivity index (χ0) is 9.84. The molecule has 0 saturated heterocycles. The van der Waals surface area contributed by atoms with Crippen molar-refractivity contribution < 1.29 is 9.50 Å². The third-order valence-electron chi connectivity index (χ3n) is 1.61. The molecular weight excluding hydrogens is 237 g/mol. The van der Waals surface area contributed by atoms with Gasteiger partial charge >= 0.3 is 0 Å². The average Bonchev–Trinajstić information content (AvgIpc) is 2.10. The molecular formula is C9H7BrFNO. The molecule has 0 aliphatic carbocycles. The maximum absolute atomic E-state index is 12.8. The molecule has 0 heterocycles. The van der Waals surface area contributed by atoms with Gasteiger partial charge in [0.25, 0.3) is 0 Å². The highest BCUT2D eigenvalue weighted by Crippen LogP contribution is 2.22. The van der Waals surface area contributed by atoms with Gasteiger partial charge in [0.2, 0.25) is 0 Å². The normalized spacial score (nSPS) is 12.2. The lowest BCUT2D eigenvalue weighted by atomic mass is 10.1. The highest BCUT2D eigenvalue weighted by Gasteiger charge is 2.08. The summed E-state index contributed by atoms with van der Waals surface area (Å²) in [5.41, 5.74) is 0.537. The second-order valence-corrected chi connectivity index (χ2v) is 3.41. The first kappa shape index (κ1) is 10.2. The SMILES string of the molecule is N#CCC(O)c1ccc(F)c(Br)c1. The van der Waals surface area contributed by atoms with Crippen LogP contribution in [-0.2, 0) is 0 Å². The van der Waals surface area contributed by atoms with Crippen molar-refractivity contribution >= 4 is 15.9 Å². The summed E-state index contributed by atoms with van der Waals surface area (Å²) in [6.07, 6.45) is -0.833. The van der Waals surface area contributed by atoms with Crippen molar-refractivity contribution in [2.75, 3.05) is 0 Å². The van der Waals surface area contributed by atoms with Crippen molar-refractivity contribution in [2.45, 2.75) is 12.5 Å². The maximum Gasteiger partial charge on any atom is 0.137 e. The molecule has 0 aliphatic rings. The smallest absolute Gasteiger partial charge is 0.137 e. The summed E-state index contributed by atoms with van der Waals surface area (Å²) in [7, 11) is 0. The predicted molar refractivity (Wildman–Crippen MR) is 49.3 cm³/mol. The van der Waals surface area contributed by atoms with Crippen molar-refractivity contribution in [3.05, 3.63) is 34.1 Å². The van der Waals surface area contributed by atoms with Crippen molar-refractivity contribution in [2.24, 2.45) is 0 Å². The first-order chi connectivity index (χ1) is 6.15. The molecule has 0 saturated carbocycles. The van der Waals surface area contributed by atoms with E-state index < -0.39 is 6.10 Å². The quantitative estimate of drug-likeness (QED) is 0.868. The van der Waals surface area contributed by atoms with Crippen molar-refractivity contribution in [1.29, 1.82) is 5.26 Å². The van der Waals surface area contributed by atoms with Crippen LogP contribution in [0.5, 0.6) is 0 Å². The lowest BCUT2D eigenvalue weighted by Gasteiger charge is -2.06. The highest BCUT2D eigenvalue weighted by molar-refractivity contribution is 9.10. The first-order valence-electron chi connectivity index (χ1n) is 3.65. The van der Waals surface area contributed by atoms with Gasteiger partial charge in [-0.25, -0.2) is 4.39 Å². The zero-order valence-electron chi connectivity index (χ0n) is 6.67. The minimum absolute atomic E-state index is 0.0120. The number of nitrogens with zero attached hydrogens (tertiary/aromatic N) is 1. The Bertz CT molecular complexity index is 348. The van der Waals surface area contributed by atoms with Crippen LogP contribution >= 0.6 is 15.9 Å². The molecule has 0 spiro atoms. The highest BCUT2D eigenvalue weighted by atomic mass is 79.9. The molecule has 0 amide bonds. The Kier molecular flexibility index (Phi) is 3.40. The molecule has 13 heavy (non-hydrogen) atoms. The molecule has 68 valence electrons. The number of aliphatic hydroxyl groups excluding tert-OH is 1. The van der Waals surface area contributed by atoms with E-state index in [1.807, 2.05) is 6.07 Å². The van der Waals surface area contributed by atoms with Crippen LogP contribution in [0.25, 0.3) is 0 Å². The van der Waals surface area contributed by atoms with Crippen LogP contribution in [0.4, 0.5) is 4.39 Å². The topological polar surface area (TPSA) is 44.0 Å². The average molecular weight is 244 g/mol. The van der Waals surface area contributed by atoms with E-state index in [-0.39, 0.29) is 12.2 Å². The van der Waals surface area contributed by atoms with Crippen molar-refractivity contribution in [1.82, 2.24) is 0 Å². The molecule has 0 fully saturated rings. The Labute approximate surface area is 83.7 Å². The number of hydrogen-bond donors (Lipinski definition) is 1. The minimum Gasteiger partial charge on any atom is -0.387 e. The number of nitriles is 1. The lowest BCUT2D eigenvalue weighted by Crippen LogP contribution is -1.96. The molecule has 4 heteroatoms. The Hall–Kier alpha value is -0.920. The molecule has 1 unspecified atom stereocenters. The number of aliphatic hydroxyl groups is 1. The van der Waals surface area contributed by atoms with Crippen LogP contribution in [0, 0.1) is 17.1 Å². The van der Waals surface area contributed by atoms with E-state index >= 15 is 0 Å². The summed E-state index contributed by atoms with van der Waals surface area (Å²) in [6, 6.07) is 6.02. The summed E-state index contributed by atoms with van der Waals surface area (Å²) >= 11 is 3.00. The molecule has 1 N–H and O–H groups in total. The van der Waals surface area contributed by atoms with Gasteiger partial charge in [-0.15, -0.1) is 0 Å². The fourth-order valence-electron chi connectivity index (χ4n) is 0.924. The summed E-state index contributed by atoms with van der Waals surface area (Å²) in [4.78, 5) is 0. The van der Waals surface area contributed by atoms with E-state index in [4.69, 9.17) is 5.26 Å². The molecule has 1 aromatic carbocycles. The van der Waals surface area contributed by atoms with E-state index in [0.717, 1.165) is 0 Å². The Balaban J connectivity index is 2.91. The number of rotatable bonds is 2. The number of benzene rings is 1. The Morgan fingerprint density at radius 3 is 2.85 bits per heavy atom. The summed E-state index contributed by atoms with van der Waals surface area (Å²) in [6.45, 7) is 0. The van der Waals surface area contributed by atoms with E-state index in [2.05, 4.69) is 15.9 Å². The van der Waals surface area contributed by atoms with Gasteiger partial charge in [0.15, 0.2) is 0 Å². The van der Waals surface area contributed by atoms with E-state index in [0.29, 0.717) is 10.0 Å². The van der Waals surface area contributed by atoms with Crippen LogP contribution in [0.3, 0.4) is 0 Å². The first-order valence-corrected chi connectivity index (χ1v) is 4.44. The second-order valence-electron chi connectivity index (χ2n) is 2.55. The Morgan fingerprint density at radius 2 is 2.31 bits per heavy atom. The van der Waals surface area contributed by atoms with Gasteiger partial charge in [-0.05, 0) is 33.6 Å². The van der Waals surface area contributed by atoms with E-state index in [1.165, 1.54) is 18.2 Å². The molecule has 1 atom stereocenters. The second kappa shape index (κ2) is 4.35. The lowest BCUT2D eigenvalue weighted by molar-refractivity contribution is 0.183. The predicted octanol–water partition coefficient (Wildman–Crippen LogP) is 2.54. The van der Waals surface area contributed by atoms with Crippen molar-refractivity contribution in [3.8, 4) is 6.07 Å². The molecule has 1 aromatic rings. The maximum atomic E-state index is 12.8. The fourth-order valence-corrected chi connectivity index (χ4v) is 1.32. The van der Waals surface area contributed by atoms with Gasteiger partial charge in [0.1, 0.15) is 5.82 Å². The van der Waals surface area contributed by atoms with Crippen LogP contribution < -0.4 is 0 Å². The summed E-state index contributed by atoms with van der Waals surface area (Å²) in [5.74, 6) is -0.382. The monoisotopic (exact) mass is 243 g/mol. The van der Waals surface area contributed by atoms with Gasteiger partial charge < -0.3 is 5.11 Å². The van der Waals surface area contributed by atoms with E-state index in [9.17, 15) is 9.50 Å². The molecule has 1 rings (SSSR count). The fraction of sp³-hybridized carbons (Fsp3) is 0.222. The number of halogens is 2. The van der Waals surface area contributed by atoms with Crippen LogP contribution in [-0.4, -0.2) is 5.11 Å². The summed E-state index contributed by atoms with van der Waals surface area (Å²) < 4.78 is 13.0. The van der Waals surface area contributed by atoms with Gasteiger partial charge in [-0.2, -0.15) is 5.26 Å². The van der Waals surface area contributed by atoms with Gasteiger partial charge in [0.05, 0.1) is 23.1 Å². The number of hydrogen-bond acceptors (Lipinski definition) is 2. The standard InChI is InChI=1S/C9H7BrFNO/c10-7-5-6(1-2-8(7)11)9(13)3-4-12/h1-2,5,9,13H,3H2. The zero-order valence-corrected chi connectivity index (χ0v) is 8.25. The third-order valence-corrected chi connectivity index (χ3v) is 2.22. The van der Waals surface area contributed by atoms with E-state index in [1.54, 1.807) is 0 Å². The molecule has 2 nitrogen and oxygen atoms in total. The largest absolute Gasteiger partial charge is 0.387 e. The van der Waals surface area contributed by atoms with Crippen LogP contribution in [0.1, 0.15) is 18.1 Å². The van der Waals surface area contributed by atoms with Gasteiger partial charge in [-0.1, -0.05) is 6.07 Å². The molecule has 0 aliphatic heterocycles.